The number of carbonyl (C=O) groups excluding carboxylic acids is 1. The van der Waals surface area contributed by atoms with Crippen molar-refractivity contribution in [3.8, 4) is 0 Å². The van der Waals surface area contributed by atoms with E-state index >= 15 is 4.79 Å². The summed E-state index contributed by atoms with van der Waals surface area (Å²) < 4.78 is 0. The predicted octanol–water partition coefficient (Wildman–Crippen LogP) is 7.74. The Bertz CT molecular complexity index is 1180. The van der Waals surface area contributed by atoms with Crippen LogP contribution in [0.25, 0.3) is 0 Å². The highest BCUT2D eigenvalue weighted by atomic mass is 16.1. The SMILES string of the molecule is O=C(C(C1CCCCN1)C(c1ccccc1)c1ccccc1)C(C1CCCCN1)C(c1ccccc1)c1ccccc1. The molecule has 2 fully saturated rings. The monoisotopic (exact) mass is 556 g/mol. The summed E-state index contributed by atoms with van der Waals surface area (Å²) in [5, 5.41) is 7.71. The lowest BCUT2D eigenvalue weighted by atomic mass is 9.64. The van der Waals surface area contributed by atoms with Crippen molar-refractivity contribution in [3.05, 3.63) is 144 Å². The number of piperidine rings is 2. The van der Waals surface area contributed by atoms with Crippen LogP contribution in [0.2, 0.25) is 0 Å². The van der Waals surface area contributed by atoms with E-state index in [-0.39, 0.29) is 35.8 Å². The first kappa shape index (κ1) is 28.6. The molecule has 4 unspecified atom stereocenters. The number of rotatable bonds is 10. The zero-order chi connectivity index (χ0) is 28.6. The zero-order valence-electron chi connectivity index (χ0n) is 24.6. The van der Waals surface area contributed by atoms with Crippen LogP contribution in [0.4, 0.5) is 0 Å². The molecular weight excluding hydrogens is 512 g/mol. The van der Waals surface area contributed by atoms with Crippen LogP contribution in [0.15, 0.2) is 121 Å². The molecule has 2 saturated heterocycles. The minimum atomic E-state index is -0.182. The smallest absolute Gasteiger partial charge is 0.144 e. The molecule has 216 valence electrons. The highest BCUT2D eigenvalue weighted by Crippen LogP contribution is 2.44. The van der Waals surface area contributed by atoms with Gasteiger partial charge in [-0.25, -0.2) is 0 Å². The van der Waals surface area contributed by atoms with Crippen molar-refractivity contribution in [2.24, 2.45) is 11.8 Å². The molecule has 4 aromatic rings. The number of benzene rings is 4. The van der Waals surface area contributed by atoms with E-state index < -0.39 is 0 Å². The summed E-state index contributed by atoms with van der Waals surface area (Å²) in [6, 6.07) is 43.4. The largest absolute Gasteiger partial charge is 0.313 e. The number of ketones is 1. The van der Waals surface area contributed by atoms with Crippen molar-refractivity contribution in [1.82, 2.24) is 10.6 Å². The van der Waals surface area contributed by atoms with Gasteiger partial charge in [0.2, 0.25) is 0 Å². The molecule has 3 nitrogen and oxygen atoms in total. The molecule has 3 heteroatoms. The molecule has 2 heterocycles. The van der Waals surface area contributed by atoms with E-state index in [2.05, 4.69) is 132 Å². The third-order valence-corrected chi connectivity index (χ3v) is 9.57. The van der Waals surface area contributed by atoms with Gasteiger partial charge in [0.1, 0.15) is 5.78 Å². The second-order valence-electron chi connectivity index (χ2n) is 12.2. The molecule has 0 spiro atoms. The van der Waals surface area contributed by atoms with E-state index in [1.54, 1.807) is 0 Å². The minimum Gasteiger partial charge on any atom is -0.313 e. The maximum atomic E-state index is 15.7. The Balaban J connectivity index is 1.53. The summed E-state index contributed by atoms with van der Waals surface area (Å²) in [6.45, 7) is 1.94. The summed E-state index contributed by atoms with van der Waals surface area (Å²) in [7, 11) is 0. The lowest BCUT2D eigenvalue weighted by Crippen LogP contribution is -2.53. The van der Waals surface area contributed by atoms with Crippen LogP contribution < -0.4 is 10.6 Å². The lowest BCUT2D eigenvalue weighted by Gasteiger charge is -2.43. The fourth-order valence-electron chi connectivity index (χ4n) is 7.64. The van der Waals surface area contributed by atoms with Crippen LogP contribution in [0.1, 0.15) is 72.6 Å². The number of Topliss-reactive ketones (excluding diaryl/α,β-unsaturated/α-hetero) is 1. The Morgan fingerprint density at radius 2 is 0.786 bits per heavy atom. The van der Waals surface area contributed by atoms with Crippen molar-refractivity contribution < 1.29 is 4.79 Å². The Morgan fingerprint density at radius 1 is 0.476 bits per heavy atom. The van der Waals surface area contributed by atoms with Gasteiger partial charge in [-0.3, -0.25) is 4.79 Å². The summed E-state index contributed by atoms with van der Waals surface area (Å²) in [6.07, 6.45) is 6.71. The fraction of sp³-hybridized carbons (Fsp3) is 0.359. The van der Waals surface area contributed by atoms with Gasteiger partial charge >= 0.3 is 0 Å². The number of nitrogens with one attached hydrogen (secondary N) is 2. The molecule has 4 atom stereocenters. The second kappa shape index (κ2) is 14.1. The molecule has 4 aromatic carbocycles. The maximum Gasteiger partial charge on any atom is 0.144 e. The minimum absolute atomic E-state index is 0.0196. The van der Waals surface area contributed by atoms with E-state index in [1.165, 1.54) is 35.1 Å². The molecule has 2 N–H and O–H groups in total. The topological polar surface area (TPSA) is 41.1 Å². The molecule has 0 bridgehead atoms. The van der Waals surface area contributed by atoms with Gasteiger partial charge in [0.15, 0.2) is 0 Å². The Hall–Kier alpha value is -3.53. The third-order valence-electron chi connectivity index (χ3n) is 9.57. The van der Waals surface area contributed by atoms with Crippen LogP contribution >= 0.6 is 0 Å². The van der Waals surface area contributed by atoms with Gasteiger partial charge in [-0.15, -0.1) is 0 Å². The maximum absolute atomic E-state index is 15.7. The summed E-state index contributed by atoms with van der Waals surface area (Å²) in [5.41, 5.74) is 4.89. The zero-order valence-corrected chi connectivity index (χ0v) is 24.6. The van der Waals surface area contributed by atoms with Crippen molar-refractivity contribution >= 4 is 5.78 Å². The Labute approximate surface area is 251 Å². The van der Waals surface area contributed by atoms with Gasteiger partial charge < -0.3 is 10.6 Å². The van der Waals surface area contributed by atoms with Crippen LogP contribution in [0.3, 0.4) is 0 Å². The number of hydrogen-bond donors (Lipinski definition) is 2. The van der Waals surface area contributed by atoms with E-state index in [4.69, 9.17) is 0 Å². The van der Waals surface area contributed by atoms with Crippen LogP contribution in [-0.2, 0) is 4.79 Å². The molecule has 0 saturated carbocycles. The molecule has 0 aromatic heterocycles. The van der Waals surface area contributed by atoms with Gasteiger partial charge in [0, 0.05) is 35.8 Å². The second-order valence-corrected chi connectivity index (χ2v) is 12.2. The molecule has 42 heavy (non-hydrogen) atoms. The van der Waals surface area contributed by atoms with Crippen LogP contribution in [0, 0.1) is 11.8 Å². The van der Waals surface area contributed by atoms with Gasteiger partial charge in [0.05, 0.1) is 0 Å². The van der Waals surface area contributed by atoms with Gasteiger partial charge in [0.25, 0.3) is 0 Å². The van der Waals surface area contributed by atoms with Gasteiger partial charge in [-0.1, -0.05) is 134 Å². The molecule has 6 rings (SSSR count). The standard InChI is InChI=1S/C39H44N2O/c42-39(37(33-25-13-15-27-40-33)35(29-17-5-1-6-18-29)30-19-7-2-8-20-30)38(34-26-14-16-28-41-34)36(31-21-9-3-10-22-31)32-23-11-4-12-24-32/h1-12,17-24,33-38,40-41H,13-16,25-28H2. The first-order chi connectivity index (χ1) is 20.8. The molecule has 0 radical (unpaired) electrons. The molecule has 0 amide bonds. The molecule has 2 aliphatic rings. The third kappa shape index (κ3) is 6.43. The average Bonchev–Trinajstić information content (AvgIpc) is 3.08. The number of carbonyl (C=O) groups is 1. The van der Waals surface area contributed by atoms with Crippen LogP contribution in [0.5, 0.6) is 0 Å². The summed E-state index contributed by atoms with van der Waals surface area (Å²) in [4.78, 5) is 15.7. The number of hydrogen-bond acceptors (Lipinski definition) is 3. The first-order valence-corrected chi connectivity index (χ1v) is 16.0. The van der Waals surface area contributed by atoms with Crippen molar-refractivity contribution in [2.45, 2.75) is 62.4 Å². The highest BCUT2D eigenvalue weighted by Gasteiger charge is 2.46. The summed E-state index contributed by atoms with van der Waals surface area (Å²) in [5.74, 6) is -0.00992. The Kier molecular flexibility index (Phi) is 9.59. The van der Waals surface area contributed by atoms with Gasteiger partial charge in [-0.2, -0.15) is 0 Å². The van der Waals surface area contributed by atoms with Crippen LogP contribution in [-0.4, -0.2) is 31.0 Å². The lowest BCUT2D eigenvalue weighted by molar-refractivity contribution is -0.130. The predicted molar refractivity (Wildman–Crippen MR) is 173 cm³/mol. The van der Waals surface area contributed by atoms with E-state index in [0.29, 0.717) is 5.78 Å². The fourth-order valence-corrected chi connectivity index (χ4v) is 7.64. The van der Waals surface area contributed by atoms with Gasteiger partial charge in [-0.05, 0) is 61.0 Å². The van der Waals surface area contributed by atoms with Crippen molar-refractivity contribution in [2.75, 3.05) is 13.1 Å². The average molecular weight is 557 g/mol. The highest BCUT2D eigenvalue weighted by molar-refractivity contribution is 5.88. The van der Waals surface area contributed by atoms with Crippen molar-refractivity contribution in [1.29, 1.82) is 0 Å². The summed E-state index contributed by atoms with van der Waals surface area (Å²) >= 11 is 0. The quantitative estimate of drug-likeness (QED) is 0.210. The first-order valence-electron chi connectivity index (χ1n) is 16.0. The Morgan fingerprint density at radius 3 is 1.05 bits per heavy atom. The van der Waals surface area contributed by atoms with E-state index in [1.807, 2.05) is 0 Å². The van der Waals surface area contributed by atoms with E-state index in [0.717, 1.165) is 38.8 Å². The normalized spacial score (nSPS) is 20.7. The molecular formula is C39H44N2O. The van der Waals surface area contributed by atoms with Crippen molar-refractivity contribution in [3.63, 3.8) is 0 Å². The molecule has 2 aliphatic heterocycles. The van der Waals surface area contributed by atoms with E-state index in [9.17, 15) is 0 Å². The molecule has 0 aliphatic carbocycles.